The topological polar surface area (TPSA) is 81.4 Å². The van der Waals surface area contributed by atoms with Crippen molar-refractivity contribution in [2.45, 2.75) is 18.7 Å². The Morgan fingerprint density at radius 2 is 2.14 bits per heavy atom. The maximum Gasteiger partial charge on any atom is 0.240 e. The fraction of sp³-hybridized carbons (Fsp3) is 0.462. The van der Waals surface area contributed by atoms with E-state index < -0.39 is 15.8 Å². The van der Waals surface area contributed by atoms with Gasteiger partial charge >= 0.3 is 0 Å². The van der Waals surface area contributed by atoms with Gasteiger partial charge in [-0.1, -0.05) is 26.1 Å². The maximum atomic E-state index is 13.4. The third-order valence-electron chi connectivity index (χ3n) is 2.50. The van der Waals surface area contributed by atoms with Crippen molar-refractivity contribution in [3.05, 3.63) is 29.6 Å². The molecule has 0 spiro atoms. The van der Waals surface area contributed by atoms with Gasteiger partial charge in [-0.05, 0) is 24.1 Å². The van der Waals surface area contributed by atoms with Crippen LogP contribution in [0.1, 0.15) is 19.4 Å². The Morgan fingerprint density at radius 3 is 2.71 bits per heavy atom. The van der Waals surface area contributed by atoms with Crippen LogP contribution in [0, 0.1) is 11.7 Å². The van der Waals surface area contributed by atoms with Crippen LogP contribution in [0.15, 0.2) is 23.1 Å². The molecular weight excluding hydrogens is 315 g/mol. The van der Waals surface area contributed by atoms with E-state index in [4.69, 9.17) is 10.5 Å². The fourth-order valence-electron chi connectivity index (χ4n) is 1.51. The quantitative estimate of drug-likeness (QED) is 0.555. The number of halogens is 1. The van der Waals surface area contributed by atoms with E-state index in [2.05, 4.69) is 16.9 Å². The highest BCUT2D eigenvalue weighted by molar-refractivity contribution is 7.89. The van der Waals surface area contributed by atoms with Gasteiger partial charge in [0.1, 0.15) is 10.8 Å². The minimum absolute atomic E-state index is 0.0874. The normalized spacial score (nSPS) is 11.8. The second-order valence-corrected chi connectivity index (χ2v) is 7.08. The van der Waals surface area contributed by atoms with E-state index in [1.807, 2.05) is 13.8 Å². The molecule has 0 aliphatic rings. The first kappa shape index (κ1) is 18.0. The lowest BCUT2D eigenvalue weighted by Crippen LogP contribution is -2.28. The number of nitrogens with one attached hydrogen (secondary N) is 1. The summed E-state index contributed by atoms with van der Waals surface area (Å²) in [7, 11) is -3.75. The minimum atomic E-state index is -3.75. The monoisotopic (exact) mass is 334 g/mol. The summed E-state index contributed by atoms with van der Waals surface area (Å²) >= 11 is 4.68. The van der Waals surface area contributed by atoms with Crippen molar-refractivity contribution in [1.29, 1.82) is 0 Å². The number of rotatable bonds is 8. The van der Waals surface area contributed by atoms with E-state index in [1.54, 1.807) is 0 Å². The summed E-state index contributed by atoms with van der Waals surface area (Å²) in [6, 6.07) is 3.31. The van der Waals surface area contributed by atoms with E-state index in [9.17, 15) is 12.8 Å². The van der Waals surface area contributed by atoms with Crippen LogP contribution in [0.4, 0.5) is 4.39 Å². The Hall–Kier alpha value is -1.09. The van der Waals surface area contributed by atoms with Crippen molar-refractivity contribution in [3.8, 4) is 0 Å². The number of thiocarbonyl (C=S) groups is 1. The Morgan fingerprint density at radius 1 is 1.48 bits per heavy atom. The molecule has 1 rings (SSSR count). The van der Waals surface area contributed by atoms with Gasteiger partial charge in [-0.2, -0.15) is 0 Å². The van der Waals surface area contributed by atoms with Crippen LogP contribution < -0.4 is 10.5 Å². The minimum Gasteiger partial charge on any atom is -0.389 e. The van der Waals surface area contributed by atoms with Crippen LogP contribution in [0.3, 0.4) is 0 Å². The molecule has 8 heteroatoms. The molecule has 0 fully saturated rings. The molecule has 0 bridgehead atoms. The molecule has 0 aromatic heterocycles. The second-order valence-electron chi connectivity index (χ2n) is 4.87. The van der Waals surface area contributed by atoms with Gasteiger partial charge in [0.25, 0.3) is 0 Å². The zero-order chi connectivity index (χ0) is 16.0. The van der Waals surface area contributed by atoms with E-state index in [0.717, 1.165) is 18.2 Å². The predicted molar refractivity (Wildman–Crippen MR) is 83.1 cm³/mol. The molecule has 0 heterocycles. The van der Waals surface area contributed by atoms with Crippen molar-refractivity contribution in [3.63, 3.8) is 0 Å². The Labute approximate surface area is 129 Å². The van der Waals surface area contributed by atoms with Crippen LogP contribution in [0.2, 0.25) is 0 Å². The van der Waals surface area contributed by atoms with Gasteiger partial charge in [0.15, 0.2) is 0 Å². The largest absolute Gasteiger partial charge is 0.389 e. The smallest absolute Gasteiger partial charge is 0.240 e. The molecule has 118 valence electrons. The summed E-state index contributed by atoms with van der Waals surface area (Å²) in [5.74, 6) is -0.270. The van der Waals surface area contributed by atoms with Gasteiger partial charge in [-0.3, -0.25) is 0 Å². The van der Waals surface area contributed by atoms with Crippen molar-refractivity contribution in [2.24, 2.45) is 11.7 Å². The van der Waals surface area contributed by atoms with Crippen LogP contribution in [0.5, 0.6) is 0 Å². The lowest BCUT2D eigenvalue weighted by Gasteiger charge is -2.10. The van der Waals surface area contributed by atoms with E-state index in [-0.39, 0.29) is 28.6 Å². The summed E-state index contributed by atoms with van der Waals surface area (Å²) < 4.78 is 45.2. The summed E-state index contributed by atoms with van der Waals surface area (Å²) in [5, 5.41) is 0. The van der Waals surface area contributed by atoms with Crippen molar-refractivity contribution in [2.75, 3.05) is 19.8 Å². The standard InChI is InChI=1S/C13H19FN2O3S2/c1-9(2)8-19-6-5-16-21(17,18)10-3-4-12(14)11(7-10)13(15)20/h3-4,7,9,16H,5-6,8H2,1-2H3,(H2,15,20). The molecule has 0 aliphatic carbocycles. The van der Waals surface area contributed by atoms with E-state index in [1.165, 1.54) is 0 Å². The molecule has 0 atom stereocenters. The van der Waals surface area contributed by atoms with Gasteiger partial charge < -0.3 is 10.5 Å². The molecule has 0 aliphatic heterocycles. The molecule has 3 N–H and O–H groups in total. The van der Waals surface area contributed by atoms with Crippen molar-refractivity contribution in [1.82, 2.24) is 4.72 Å². The first-order valence-corrected chi connectivity index (χ1v) is 8.30. The molecule has 0 amide bonds. The van der Waals surface area contributed by atoms with Gasteiger partial charge in [0.05, 0.1) is 11.5 Å². The molecular formula is C13H19FN2O3S2. The lowest BCUT2D eigenvalue weighted by molar-refractivity contribution is 0.114. The zero-order valence-electron chi connectivity index (χ0n) is 11.9. The lowest BCUT2D eigenvalue weighted by atomic mass is 10.2. The average Bonchev–Trinajstić information content (AvgIpc) is 2.37. The van der Waals surface area contributed by atoms with E-state index >= 15 is 0 Å². The Balaban J connectivity index is 2.70. The highest BCUT2D eigenvalue weighted by Gasteiger charge is 2.16. The van der Waals surface area contributed by atoms with Gasteiger partial charge in [-0.25, -0.2) is 17.5 Å². The molecule has 5 nitrogen and oxygen atoms in total. The molecule has 1 aromatic rings. The van der Waals surface area contributed by atoms with Crippen LogP contribution in [0.25, 0.3) is 0 Å². The highest BCUT2D eigenvalue weighted by Crippen LogP contribution is 2.15. The van der Waals surface area contributed by atoms with Gasteiger partial charge in [0.2, 0.25) is 10.0 Å². The predicted octanol–water partition coefficient (Wildman–Crippen LogP) is 1.41. The number of hydrogen-bond donors (Lipinski definition) is 2. The summed E-state index contributed by atoms with van der Waals surface area (Å²) in [6.45, 7) is 4.96. The zero-order valence-corrected chi connectivity index (χ0v) is 13.6. The molecule has 1 aromatic carbocycles. The Bertz CT molecular complexity index is 603. The molecule has 0 radical (unpaired) electrons. The third-order valence-corrected chi connectivity index (χ3v) is 4.18. The van der Waals surface area contributed by atoms with Gasteiger partial charge in [-0.15, -0.1) is 0 Å². The van der Waals surface area contributed by atoms with Crippen molar-refractivity contribution < 1.29 is 17.5 Å². The fourth-order valence-corrected chi connectivity index (χ4v) is 2.71. The SMILES string of the molecule is CC(C)COCCNS(=O)(=O)c1ccc(F)c(C(N)=S)c1. The molecule has 21 heavy (non-hydrogen) atoms. The van der Waals surface area contributed by atoms with Crippen LogP contribution >= 0.6 is 12.2 Å². The van der Waals surface area contributed by atoms with Crippen LogP contribution in [-0.4, -0.2) is 33.2 Å². The first-order valence-electron chi connectivity index (χ1n) is 6.41. The highest BCUT2D eigenvalue weighted by atomic mass is 32.2. The maximum absolute atomic E-state index is 13.4. The van der Waals surface area contributed by atoms with Crippen molar-refractivity contribution >= 4 is 27.2 Å². The molecule has 0 saturated heterocycles. The number of benzene rings is 1. The number of nitrogens with two attached hydrogens (primary N) is 1. The number of hydrogen-bond acceptors (Lipinski definition) is 4. The summed E-state index contributed by atoms with van der Waals surface area (Å²) in [5.41, 5.74) is 5.26. The Kier molecular flexibility index (Phi) is 6.66. The molecule has 0 unspecified atom stereocenters. The summed E-state index contributed by atoms with van der Waals surface area (Å²) in [6.07, 6.45) is 0. The molecule has 0 saturated carbocycles. The summed E-state index contributed by atoms with van der Waals surface area (Å²) in [4.78, 5) is -0.277. The van der Waals surface area contributed by atoms with Gasteiger partial charge in [0, 0.05) is 18.7 Å². The third kappa shape index (κ3) is 5.66. The number of ether oxygens (including phenoxy) is 1. The average molecular weight is 334 g/mol. The van der Waals surface area contributed by atoms with Crippen LogP contribution in [-0.2, 0) is 14.8 Å². The number of sulfonamides is 1. The second kappa shape index (κ2) is 7.79. The van der Waals surface area contributed by atoms with E-state index in [0.29, 0.717) is 12.5 Å². The first-order chi connectivity index (χ1) is 9.74.